The molecule has 2 atom stereocenters. The lowest BCUT2D eigenvalue weighted by atomic mass is 9.80. The van der Waals surface area contributed by atoms with Gasteiger partial charge in [0.2, 0.25) is 0 Å². The molecule has 0 bridgehead atoms. The summed E-state index contributed by atoms with van der Waals surface area (Å²) in [6.45, 7) is 10.1. The van der Waals surface area contributed by atoms with Crippen LogP contribution in [-0.2, 0) is 11.2 Å². The second-order valence-electron chi connectivity index (χ2n) is 6.80. The van der Waals surface area contributed by atoms with E-state index in [1.165, 1.54) is 6.42 Å². The number of aromatic nitrogens is 1. The number of carbonyl (C=O) groups excluding carboxylic acids is 1. The van der Waals surface area contributed by atoms with Gasteiger partial charge in [0.1, 0.15) is 11.9 Å². The van der Waals surface area contributed by atoms with Gasteiger partial charge in [-0.25, -0.2) is 4.79 Å². The fourth-order valence-electron chi connectivity index (χ4n) is 3.70. The number of H-pyrrole nitrogens is 1. The van der Waals surface area contributed by atoms with Gasteiger partial charge < -0.3 is 14.5 Å². The Hall–Kier alpha value is -1.78. The number of carbonyl (C=O) groups is 1. The number of nitrogens with one attached hydrogen (secondary N) is 1. The third-order valence-electron chi connectivity index (χ3n) is 5.01. The molecule has 1 heterocycles. The van der Waals surface area contributed by atoms with Crippen LogP contribution in [0.1, 0.15) is 68.6 Å². The van der Waals surface area contributed by atoms with Gasteiger partial charge in [-0.1, -0.05) is 27.2 Å². The molecule has 0 spiro atoms. The van der Waals surface area contributed by atoms with Gasteiger partial charge in [0.05, 0.1) is 6.61 Å². The topological polar surface area (TPSA) is 68.4 Å². The second kappa shape index (κ2) is 7.86. The van der Waals surface area contributed by atoms with Crippen molar-refractivity contribution in [1.82, 2.24) is 4.98 Å². The Labute approximate surface area is 143 Å². The van der Waals surface area contributed by atoms with E-state index >= 15 is 0 Å². The standard InChI is InChI=1S/C19H29NO4/c1-6-14-13(5)20-18(21)15(19(22)23-7-2)17(14)24-16-11(3)9-8-10-12(16)4/h11-12,16H,6-10H2,1-5H3,(H,20,21). The molecule has 1 aromatic heterocycles. The van der Waals surface area contributed by atoms with Crippen molar-refractivity contribution < 1.29 is 14.3 Å². The molecule has 1 aliphatic rings. The molecule has 2 unspecified atom stereocenters. The molecule has 1 aromatic rings. The van der Waals surface area contributed by atoms with E-state index in [1.807, 2.05) is 13.8 Å². The molecule has 1 N–H and O–H groups in total. The Bertz CT molecular complexity index is 640. The molecule has 24 heavy (non-hydrogen) atoms. The van der Waals surface area contributed by atoms with Crippen molar-refractivity contribution in [3.63, 3.8) is 0 Å². The van der Waals surface area contributed by atoms with Gasteiger partial charge in [-0.2, -0.15) is 0 Å². The molecular weight excluding hydrogens is 306 g/mol. The third kappa shape index (κ3) is 3.65. The predicted molar refractivity (Wildman–Crippen MR) is 93.7 cm³/mol. The number of aromatic amines is 1. The number of hydrogen-bond donors (Lipinski definition) is 1. The second-order valence-corrected chi connectivity index (χ2v) is 6.80. The van der Waals surface area contributed by atoms with Crippen LogP contribution in [0.2, 0.25) is 0 Å². The first-order valence-electron chi connectivity index (χ1n) is 9.00. The van der Waals surface area contributed by atoms with Crippen LogP contribution in [0.15, 0.2) is 4.79 Å². The summed E-state index contributed by atoms with van der Waals surface area (Å²) in [5.41, 5.74) is 1.20. The SMILES string of the molecule is CCOC(=O)c1c(OC2C(C)CCCC2C)c(CC)c(C)[nH]c1=O. The summed E-state index contributed by atoms with van der Waals surface area (Å²) in [5, 5.41) is 0. The lowest BCUT2D eigenvalue weighted by Crippen LogP contribution is -2.37. The molecule has 1 aliphatic carbocycles. The first-order valence-corrected chi connectivity index (χ1v) is 9.00. The summed E-state index contributed by atoms with van der Waals surface area (Å²) in [4.78, 5) is 27.5. The molecule has 5 nitrogen and oxygen atoms in total. The van der Waals surface area contributed by atoms with E-state index in [0.717, 1.165) is 24.1 Å². The molecule has 0 saturated heterocycles. The smallest absolute Gasteiger partial charge is 0.347 e. The zero-order valence-electron chi connectivity index (χ0n) is 15.4. The van der Waals surface area contributed by atoms with Crippen LogP contribution in [0.3, 0.4) is 0 Å². The van der Waals surface area contributed by atoms with Crippen LogP contribution in [0.25, 0.3) is 0 Å². The minimum Gasteiger partial charge on any atom is -0.488 e. The lowest BCUT2D eigenvalue weighted by molar-refractivity contribution is 0.0440. The molecule has 2 rings (SSSR count). The maximum Gasteiger partial charge on any atom is 0.347 e. The van der Waals surface area contributed by atoms with E-state index < -0.39 is 11.5 Å². The van der Waals surface area contributed by atoms with Crippen molar-refractivity contribution in [2.75, 3.05) is 6.61 Å². The van der Waals surface area contributed by atoms with Crippen LogP contribution >= 0.6 is 0 Å². The van der Waals surface area contributed by atoms with Crippen molar-refractivity contribution in [3.8, 4) is 5.75 Å². The van der Waals surface area contributed by atoms with Gasteiger partial charge in [0, 0.05) is 11.3 Å². The highest BCUT2D eigenvalue weighted by Gasteiger charge is 2.33. The van der Waals surface area contributed by atoms with Gasteiger partial charge in [0.15, 0.2) is 5.56 Å². The van der Waals surface area contributed by atoms with Gasteiger partial charge in [-0.05, 0) is 44.9 Å². The van der Waals surface area contributed by atoms with E-state index in [2.05, 4.69) is 18.8 Å². The number of ether oxygens (including phenoxy) is 2. The molecule has 0 aromatic carbocycles. The summed E-state index contributed by atoms with van der Waals surface area (Å²) >= 11 is 0. The zero-order valence-corrected chi connectivity index (χ0v) is 15.4. The lowest BCUT2D eigenvalue weighted by Gasteiger charge is -2.35. The van der Waals surface area contributed by atoms with Gasteiger partial charge in [-0.3, -0.25) is 4.79 Å². The Morgan fingerprint density at radius 1 is 1.21 bits per heavy atom. The summed E-state index contributed by atoms with van der Waals surface area (Å²) in [6.07, 6.45) is 4.10. The van der Waals surface area contributed by atoms with Gasteiger partial charge >= 0.3 is 5.97 Å². The molecule has 5 heteroatoms. The van der Waals surface area contributed by atoms with E-state index in [9.17, 15) is 9.59 Å². The number of pyridine rings is 1. The average Bonchev–Trinajstić information content (AvgIpc) is 2.51. The zero-order chi connectivity index (χ0) is 17.9. The number of aryl methyl sites for hydroxylation is 1. The van der Waals surface area contributed by atoms with E-state index in [-0.39, 0.29) is 18.3 Å². The van der Waals surface area contributed by atoms with Crippen molar-refractivity contribution in [2.45, 2.75) is 66.4 Å². The van der Waals surface area contributed by atoms with Crippen molar-refractivity contribution in [3.05, 3.63) is 27.2 Å². The Morgan fingerprint density at radius 3 is 2.38 bits per heavy atom. The third-order valence-corrected chi connectivity index (χ3v) is 5.01. The number of hydrogen-bond acceptors (Lipinski definition) is 4. The summed E-state index contributed by atoms with van der Waals surface area (Å²) < 4.78 is 11.4. The minimum absolute atomic E-state index is 0.00396. The molecule has 1 saturated carbocycles. The first kappa shape index (κ1) is 18.6. The average molecular weight is 335 g/mol. The monoisotopic (exact) mass is 335 g/mol. The molecule has 1 fully saturated rings. The number of esters is 1. The van der Waals surface area contributed by atoms with E-state index in [1.54, 1.807) is 6.92 Å². The normalized spacial score (nSPS) is 23.8. The summed E-state index contributed by atoms with van der Waals surface area (Å²) in [7, 11) is 0. The van der Waals surface area contributed by atoms with Crippen molar-refractivity contribution in [1.29, 1.82) is 0 Å². The van der Waals surface area contributed by atoms with Crippen LogP contribution in [0, 0.1) is 18.8 Å². The fraction of sp³-hybridized carbons (Fsp3) is 0.684. The Balaban J connectivity index is 2.52. The van der Waals surface area contributed by atoms with E-state index in [0.29, 0.717) is 24.0 Å². The molecule has 0 aliphatic heterocycles. The molecule has 0 amide bonds. The fourth-order valence-corrected chi connectivity index (χ4v) is 3.70. The minimum atomic E-state index is -0.612. The molecule has 0 radical (unpaired) electrons. The Kier molecular flexibility index (Phi) is 6.08. The largest absolute Gasteiger partial charge is 0.488 e. The van der Waals surface area contributed by atoms with Crippen LogP contribution in [-0.4, -0.2) is 23.7 Å². The van der Waals surface area contributed by atoms with Gasteiger partial charge in [0.25, 0.3) is 5.56 Å². The predicted octanol–water partition coefficient (Wildman–Crippen LogP) is 3.63. The summed E-state index contributed by atoms with van der Waals surface area (Å²) in [6, 6.07) is 0. The quantitative estimate of drug-likeness (QED) is 0.834. The van der Waals surface area contributed by atoms with Crippen molar-refractivity contribution in [2.24, 2.45) is 11.8 Å². The van der Waals surface area contributed by atoms with Crippen molar-refractivity contribution >= 4 is 5.97 Å². The highest BCUT2D eigenvalue weighted by atomic mass is 16.5. The summed E-state index contributed by atoms with van der Waals surface area (Å²) in [5.74, 6) is 0.601. The van der Waals surface area contributed by atoms with Crippen LogP contribution in [0.5, 0.6) is 5.75 Å². The maximum atomic E-state index is 12.4. The first-order chi connectivity index (χ1) is 11.4. The maximum absolute atomic E-state index is 12.4. The molecule has 134 valence electrons. The van der Waals surface area contributed by atoms with Gasteiger partial charge in [-0.15, -0.1) is 0 Å². The van der Waals surface area contributed by atoms with Crippen LogP contribution < -0.4 is 10.3 Å². The van der Waals surface area contributed by atoms with Crippen LogP contribution in [0.4, 0.5) is 0 Å². The Morgan fingerprint density at radius 2 is 1.83 bits per heavy atom. The highest BCUT2D eigenvalue weighted by molar-refractivity contribution is 5.92. The van der Waals surface area contributed by atoms with E-state index in [4.69, 9.17) is 9.47 Å². The number of rotatable bonds is 5. The molecular formula is C19H29NO4. The highest BCUT2D eigenvalue weighted by Crippen LogP contribution is 2.35.